The molecule has 1 N–H and O–H groups in total. The van der Waals surface area contributed by atoms with Crippen LogP contribution >= 0.6 is 23.4 Å². The van der Waals surface area contributed by atoms with Crippen LogP contribution in [0.5, 0.6) is 0 Å². The van der Waals surface area contributed by atoms with Gasteiger partial charge in [0, 0.05) is 21.8 Å². The molecular weight excluding hydrogens is 559 g/mol. The first-order valence-corrected chi connectivity index (χ1v) is 14.4. The van der Waals surface area contributed by atoms with E-state index in [0.29, 0.717) is 27.9 Å². The molecule has 0 saturated carbocycles. The van der Waals surface area contributed by atoms with Crippen LogP contribution in [0.2, 0.25) is 5.02 Å². The van der Waals surface area contributed by atoms with Gasteiger partial charge < -0.3 is 5.32 Å². The number of thioether (sulfide) groups is 1. The van der Waals surface area contributed by atoms with Crippen LogP contribution in [0.4, 0.5) is 15.9 Å². The van der Waals surface area contributed by atoms with E-state index in [0.717, 1.165) is 16.7 Å². The smallest absolute Gasteiger partial charge is 0.244 e. The van der Waals surface area contributed by atoms with Gasteiger partial charge in [0.2, 0.25) is 11.8 Å². The average molecular weight is 583 g/mol. The quantitative estimate of drug-likeness (QED) is 0.231. The maximum absolute atomic E-state index is 14.0. The van der Waals surface area contributed by atoms with E-state index in [1.54, 1.807) is 28.9 Å². The predicted octanol–water partition coefficient (Wildman–Crippen LogP) is 7.14. The molecule has 1 aliphatic heterocycles. The first-order valence-electron chi connectivity index (χ1n) is 12.9. The number of benzene rings is 4. The lowest BCUT2D eigenvalue weighted by atomic mass is 9.99. The van der Waals surface area contributed by atoms with Crippen molar-refractivity contribution in [3.8, 4) is 16.9 Å². The van der Waals surface area contributed by atoms with E-state index >= 15 is 0 Å². The molecule has 0 saturated heterocycles. The molecule has 0 aliphatic carbocycles. The molecule has 0 fully saturated rings. The molecule has 0 bridgehead atoms. The van der Waals surface area contributed by atoms with Crippen LogP contribution in [0.1, 0.15) is 16.4 Å². The second kappa shape index (κ2) is 11.6. The predicted molar refractivity (Wildman–Crippen MR) is 162 cm³/mol. The van der Waals surface area contributed by atoms with Gasteiger partial charge in [-0.2, -0.15) is 5.10 Å². The highest BCUT2D eigenvalue weighted by Crippen LogP contribution is 2.49. The topological polar surface area (TPSA) is 67.2 Å². The molecule has 2 amide bonds. The summed E-state index contributed by atoms with van der Waals surface area (Å²) in [7, 11) is 0. The Kier molecular flexibility index (Phi) is 7.59. The molecule has 6 rings (SSSR count). The summed E-state index contributed by atoms with van der Waals surface area (Å²) >= 11 is 8.16. The Morgan fingerprint density at radius 3 is 2.29 bits per heavy atom. The third kappa shape index (κ3) is 5.49. The molecule has 1 aliphatic rings. The Morgan fingerprint density at radius 1 is 0.927 bits per heavy atom. The zero-order chi connectivity index (χ0) is 28.3. The summed E-state index contributed by atoms with van der Waals surface area (Å²) in [6, 6.07) is 32.2. The van der Waals surface area contributed by atoms with Crippen LogP contribution in [0.25, 0.3) is 16.9 Å². The van der Waals surface area contributed by atoms with Gasteiger partial charge in [0.25, 0.3) is 0 Å². The van der Waals surface area contributed by atoms with Crippen molar-refractivity contribution >= 4 is 46.7 Å². The Balaban J connectivity index is 1.57. The Morgan fingerprint density at radius 2 is 1.59 bits per heavy atom. The summed E-state index contributed by atoms with van der Waals surface area (Å²) < 4.78 is 15.6. The largest absolute Gasteiger partial charge is 0.325 e. The van der Waals surface area contributed by atoms with Crippen molar-refractivity contribution in [1.82, 2.24) is 9.78 Å². The summed E-state index contributed by atoms with van der Waals surface area (Å²) in [6.45, 7) is -0.238. The van der Waals surface area contributed by atoms with Crippen LogP contribution in [0.3, 0.4) is 0 Å². The van der Waals surface area contributed by atoms with Gasteiger partial charge >= 0.3 is 0 Å². The third-order valence-electron chi connectivity index (χ3n) is 6.75. The van der Waals surface area contributed by atoms with Crippen molar-refractivity contribution in [2.75, 3.05) is 22.5 Å². The molecule has 0 radical (unpaired) electrons. The van der Waals surface area contributed by atoms with Crippen molar-refractivity contribution in [3.63, 3.8) is 0 Å². The highest BCUT2D eigenvalue weighted by molar-refractivity contribution is 8.00. The second-order valence-electron chi connectivity index (χ2n) is 9.45. The van der Waals surface area contributed by atoms with Gasteiger partial charge in [-0.1, -0.05) is 78.3 Å². The average Bonchev–Trinajstić information content (AvgIpc) is 3.32. The van der Waals surface area contributed by atoms with Crippen LogP contribution < -0.4 is 10.2 Å². The number of halogens is 2. The maximum atomic E-state index is 14.0. The van der Waals surface area contributed by atoms with Crippen LogP contribution in [-0.4, -0.2) is 33.9 Å². The molecule has 1 atom stereocenters. The van der Waals surface area contributed by atoms with Gasteiger partial charge in [-0.25, -0.2) is 9.07 Å². The van der Waals surface area contributed by atoms with Gasteiger partial charge in [0.05, 0.1) is 22.4 Å². The van der Waals surface area contributed by atoms with Crippen LogP contribution in [0, 0.1) is 5.82 Å². The van der Waals surface area contributed by atoms with Crippen LogP contribution in [-0.2, 0) is 9.59 Å². The van der Waals surface area contributed by atoms with Crippen molar-refractivity contribution < 1.29 is 14.0 Å². The van der Waals surface area contributed by atoms with E-state index in [2.05, 4.69) is 5.32 Å². The molecule has 2 heterocycles. The number of amides is 2. The van der Waals surface area contributed by atoms with Gasteiger partial charge in [0.15, 0.2) is 0 Å². The van der Waals surface area contributed by atoms with Gasteiger partial charge in [0.1, 0.15) is 18.2 Å². The van der Waals surface area contributed by atoms with E-state index in [4.69, 9.17) is 16.7 Å². The standard InChI is InChI=1S/C32H24ClFN4O2S/c33-26-14-8-7-13-25(26)31-29-30(21-9-3-1-4-10-21)36-38(24-17-15-22(34)16-18-24)32(29)37(28(40)20-41-31)19-27(39)35-23-11-5-2-6-12-23/h1-18,31H,19-20H2,(H,35,39). The number of nitrogens with one attached hydrogen (secondary N) is 1. The normalized spacial score (nSPS) is 14.8. The summed E-state index contributed by atoms with van der Waals surface area (Å²) in [5, 5.41) is 8.07. The van der Waals surface area contributed by atoms with Crippen LogP contribution in [0.15, 0.2) is 109 Å². The number of para-hydroxylation sites is 1. The number of aromatic nitrogens is 2. The third-order valence-corrected chi connectivity index (χ3v) is 8.34. The Labute approximate surface area is 245 Å². The zero-order valence-corrected chi connectivity index (χ0v) is 23.3. The van der Waals surface area contributed by atoms with Crippen molar-refractivity contribution in [3.05, 3.63) is 131 Å². The molecule has 204 valence electrons. The number of nitrogens with zero attached hydrogens (tertiary/aromatic N) is 3. The number of fused-ring (bicyclic) bond motifs is 1. The molecular formula is C32H24ClFN4O2S. The minimum atomic E-state index is -0.394. The van der Waals surface area contributed by atoms with Gasteiger partial charge in [-0.05, 0) is 48.0 Å². The number of hydrogen-bond donors (Lipinski definition) is 1. The highest BCUT2D eigenvalue weighted by Gasteiger charge is 2.38. The van der Waals surface area contributed by atoms with E-state index in [9.17, 15) is 14.0 Å². The maximum Gasteiger partial charge on any atom is 0.244 e. The molecule has 0 spiro atoms. The SMILES string of the molecule is O=C(CN1C(=O)CSC(c2ccccc2Cl)c2c(-c3ccccc3)nn(-c3ccc(F)cc3)c21)Nc1ccccc1. The number of rotatable bonds is 6. The number of carbonyl (C=O) groups is 2. The van der Waals surface area contributed by atoms with E-state index in [-0.39, 0.29) is 29.4 Å². The number of carbonyl (C=O) groups excluding carboxylic acids is 2. The fourth-order valence-electron chi connectivity index (χ4n) is 4.89. The molecule has 6 nitrogen and oxygen atoms in total. The first kappa shape index (κ1) is 26.8. The fourth-order valence-corrected chi connectivity index (χ4v) is 6.43. The number of hydrogen-bond acceptors (Lipinski definition) is 4. The summed E-state index contributed by atoms with van der Waals surface area (Å²) in [6.07, 6.45) is 0. The molecule has 5 aromatic rings. The van der Waals surface area contributed by atoms with E-state index in [1.165, 1.54) is 28.8 Å². The monoisotopic (exact) mass is 582 g/mol. The van der Waals surface area contributed by atoms with E-state index in [1.807, 2.05) is 72.8 Å². The summed E-state index contributed by atoms with van der Waals surface area (Å²) in [5.74, 6) is -0.448. The minimum absolute atomic E-state index is 0.112. The lowest BCUT2D eigenvalue weighted by molar-refractivity contribution is -0.120. The summed E-state index contributed by atoms with van der Waals surface area (Å²) in [4.78, 5) is 28.6. The van der Waals surface area contributed by atoms with Crippen molar-refractivity contribution in [2.45, 2.75) is 5.25 Å². The number of anilines is 2. The Hall–Kier alpha value is -4.40. The minimum Gasteiger partial charge on any atom is -0.325 e. The lowest BCUT2D eigenvalue weighted by Gasteiger charge is -2.23. The molecule has 1 aromatic heterocycles. The van der Waals surface area contributed by atoms with E-state index < -0.39 is 5.82 Å². The molecule has 41 heavy (non-hydrogen) atoms. The molecule has 9 heteroatoms. The molecule has 4 aromatic carbocycles. The van der Waals surface area contributed by atoms with Crippen molar-refractivity contribution in [2.24, 2.45) is 0 Å². The van der Waals surface area contributed by atoms with Crippen molar-refractivity contribution in [1.29, 1.82) is 0 Å². The highest BCUT2D eigenvalue weighted by atomic mass is 35.5. The Bertz CT molecular complexity index is 1710. The fraction of sp³-hybridized carbons (Fsp3) is 0.0938. The molecule has 1 unspecified atom stereocenters. The lowest BCUT2D eigenvalue weighted by Crippen LogP contribution is -2.40. The second-order valence-corrected chi connectivity index (χ2v) is 10.9. The van der Waals surface area contributed by atoms with Gasteiger partial charge in [-0.3, -0.25) is 14.5 Å². The first-order chi connectivity index (χ1) is 20.0. The zero-order valence-electron chi connectivity index (χ0n) is 21.7. The summed E-state index contributed by atoms with van der Waals surface area (Å²) in [5.41, 5.74) is 4.24. The van der Waals surface area contributed by atoms with Gasteiger partial charge in [-0.15, -0.1) is 11.8 Å².